The lowest BCUT2D eigenvalue weighted by Crippen LogP contribution is -2.28. The van der Waals surface area contributed by atoms with Crippen LogP contribution in [0.1, 0.15) is 34.5 Å². The van der Waals surface area contributed by atoms with E-state index in [1.54, 1.807) is 12.1 Å². The first kappa shape index (κ1) is 21.4. The molecule has 0 saturated carbocycles. The molecule has 9 heteroatoms. The van der Waals surface area contributed by atoms with Crippen molar-refractivity contribution >= 4 is 5.91 Å². The van der Waals surface area contributed by atoms with E-state index < -0.39 is 17.6 Å². The van der Waals surface area contributed by atoms with Crippen LogP contribution in [0.3, 0.4) is 0 Å². The van der Waals surface area contributed by atoms with Crippen molar-refractivity contribution in [2.24, 2.45) is 0 Å². The zero-order valence-corrected chi connectivity index (χ0v) is 16.0. The van der Waals surface area contributed by atoms with Crippen LogP contribution in [0.2, 0.25) is 0 Å². The molecule has 1 N–H and O–H groups in total. The molecular formula is C21H19F4N3O2. The van der Waals surface area contributed by atoms with Gasteiger partial charge in [0, 0.05) is 12.7 Å². The monoisotopic (exact) mass is 421 g/mol. The molecule has 1 atom stereocenters. The van der Waals surface area contributed by atoms with Gasteiger partial charge in [-0.05, 0) is 47.9 Å². The molecule has 1 heterocycles. The summed E-state index contributed by atoms with van der Waals surface area (Å²) in [5, 5.41) is 6.82. The SMILES string of the molecule is CC(CNC(=O)c1ccn(COc2cccc(C(F)(F)F)c2)n1)c1ccc(F)cc1. The third-order valence-corrected chi connectivity index (χ3v) is 4.41. The zero-order valence-electron chi connectivity index (χ0n) is 16.0. The minimum Gasteiger partial charge on any atom is -0.471 e. The number of benzene rings is 2. The minimum absolute atomic E-state index is 0.0270. The largest absolute Gasteiger partial charge is 0.471 e. The van der Waals surface area contributed by atoms with E-state index in [1.165, 1.54) is 41.2 Å². The molecule has 1 unspecified atom stereocenters. The number of hydrogen-bond donors (Lipinski definition) is 1. The maximum Gasteiger partial charge on any atom is 0.416 e. The van der Waals surface area contributed by atoms with Crippen molar-refractivity contribution in [2.45, 2.75) is 25.7 Å². The molecule has 0 bridgehead atoms. The number of hydrogen-bond acceptors (Lipinski definition) is 3. The van der Waals surface area contributed by atoms with Crippen LogP contribution in [-0.2, 0) is 12.9 Å². The summed E-state index contributed by atoms with van der Waals surface area (Å²) in [5.74, 6) is -0.713. The average Bonchev–Trinajstić information content (AvgIpc) is 3.19. The summed E-state index contributed by atoms with van der Waals surface area (Å²) in [4.78, 5) is 12.3. The fourth-order valence-corrected chi connectivity index (χ4v) is 2.70. The lowest BCUT2D eigenvalue weighted by atomic mass is 10.0. The Morgan fingerprint density at radius 2 is 1.90 bits per heavy atom. The molecule has 1 aromatic heterocycles. The van der Waals surface area contributed by atoms with E-state index in [2.05, 4.69) is 10.4 Å². The highest BCUT2D eigenvalue weighted by Crippen LogP contribution is 2.31. The van der Waals surface area contributed by atoms with Crippen LogP contribution in [-0.4, -0.2) is 22.2 Å². The molecule has 0 saturated heterocycles. The van der Waals surface area contributed by atoms with Gasteiger partial charge < -0.3 is 10.1 Å². The maximum atomic E-state index is 13.0. The Kier molecular flexibility index (Phi) is 6.39. The van der Waals surface area contributed by atoms with Gasteiger partial charge in [0.05, 0.1) is 5.56 Å². The Morgan fingerprint density at radius 1 is 1.17 bits per heavy atom. The van der Waals surface area contributed by atoms with Gasteiger partial charge in [-0.25, -0.2) is 9.07 Å². The molecule has 5 nitrogen and oxygen atoms in total. The number of carbonyl (C=O) groups is 1. The highest BCUT2D eigenvalue weighted by Gasteiger charge is 2.30. The predicted molar refractivity (Wildman–Crippen MR) is 101 cm³/mol. The van der Waals surface area contributed by atoms with E-state index in [9.17, 15) is 22.4 Å². The van der Waals surface area contributed by atoms with E-state index in [1.807, 2.05) is 6.92 Å². The highest BCUT2D eigenvalue weighted by atomic mass is 19.4. The first-order chi connectivity index (χ1) is 14.2. The van der Waals surface area contributed by atoms with Gasteiger partial charge in [0.15, 0.2) is 6.73 Å². The third-order valence-electron chi connectivity index (χ3n) is 4.41. The lowest BCUT2D eigenvalue weighted by molar-refractivity contribution is -0.137. The van der Waals surface area contributed by atoms with Crippen LogP contribution in [0.25, 0.3) is 0 Å². The first-order valence-electron chi connectivity index (χ1n) is 9.09. The number of rotatable bonds is 7. The molecule has 3 rings (SSSR count). The second-order valence-corrected chi connectivity index (χ2v) is 6.70. The van der Waals surface area contributed by atoms with Gasteiger partial charge in [0.25, 0.3) is 5.91 Å². The molecule has 0 aliphatic rings. The Hall–Kier alpha value is -3.36. The van der Waals surface area contributed by atoms with Gasteiger partial charge in [-0.3, -0.25) is 4.79 Å². The van der Waals surface area contributed by atoms with Crippen molar-refractivity contribution < 1.29 is 27.1 Å². The third kappa shape index (κ3) is 5.59. The van der Waals surface area contributed by atoms with E-state index in [-0.39, 0.29) is 29.9 Å². The van der Waals surface area contributed by atoms with E-state index >= 15 is 0 Å². The lowest BCUT2D eigenvalue weighted by Gasteiger charge is -2.12. The van der Waals surface area contributed by atoms with E-state index in [0.717, 1.165) is 17.7 Å². The van der Waals surface area contributed by atoms with E-state index in [4.69, 9.17) is 4.74 Å². The summed E-state index contributed by atoms with van der Waals surface area (Å²) >= 11 is 0. The van der Waals surface area contributed by atoms with Gasteiger partial charge in [0.1, 0.15) is 17.3 Å². The Bertz CT molecular complexity index is 1000. The van der Waals surface area contributed by atoms with Crippen LogP contribution < -0.4 is 10.1 Å². The summed E-state index contributed by atoms with van der Waals surface area (Å²) in [6.45, 7) is 2.08. The van der Waals surface area contributed by atoms with Crippen molar-refractivity contribution in [3.63, 3.8) is 0 Å². The molecule has 1 amide bonds. The molecule has 0 radical (unpaired) electrons. The number of aromatic nitrogens is 2. The van der Waals surface area contributed by atoms with Gasteiger partial charge in [0.2, 0.25) is 0 Å². The molecule has 0 aliphatic carbocycles. The molecular weight excluding hydrogens is 402 g/mol. The van der Waals surface area contributed by atoms with Crippen LogP contribution in [0.4, 0.5) is 17.6 Å². The molecule has 30 heavy (non-hydrogen) atoms. The number of nitrogens with zero attached hydrogens (tertiary/aromatic N) is 2. The van der Waals surface area contributed by atoms with Crippen molar-refractivity contribution in [3.05, 3.63) is 83.4 Å². The molecule has 158 valence electrons. The van der Waals surface area contributed by atoms with Gasteiger partial charge >= 0.3 is 6.18 Å². The molecule has 0 aliphatic heterocycles. The molecule has 0 fully saturated rings. The standard InChI is InChI=1S/C21H19F4N3O2/c1-14(15-5-7-17(22)8-6-15)12-26-20(29)19-9-10-28(27-19)13-30-18-4-2-3-16(11-18)21(23,24)25/h2-11,14H,12-13H2,1H3,(H,26,29). The quantitative estimate of drug-likeness (QED) is 0.567. The van der Waals surface area contributed by atoms with Gasteiger partial charge in [-0.1, -0.05) is 25.1 Å². The Morgan fingerprint density at radius 3 is 2.60 bits per heavy atom. The van der Waals surface area contributed by atoms with Crippen molar-refractivity contribution in [3.8, 4) is 5.75 Å². The number of ether oxygens (including phenoxy) is 1. The summed E-state index contributed by atoms with van der Waals surface area (Å²) in [6.07, 6.45) is -2.96. The highest BCUT2D eigenvalue weighted by molar-refractivity contribution is 5.92. The maximum absolute atomic E-state index is 13.0. The summed E-state index contributed by atoms with van der Waals surface area (Å²) in [7, 11) is 0. The average molecular weight is 421 g/mol. The summed E-state index contributed by atoms with van der Waals surface area (Å²) in [5.41, 5.74) is 0.224. The van der Waals surface area contributed by atoms with Crippen molar-refractivity contribution in [2.75, 3.05) is 6.54 Å². The fraction of sp³-hybridized carbons (Fsp3) is 0.238. The Labute approximate surface area is 170 Å². The second-order valence-electron chi connectivity index (χ2n) is 6.70. The van der Waals surface area contributed by atoms with Crippen LogP contribution in [0.5, 0.6) is 5.75 Å². The van der Waals surface area contributed by atoms with Crippen LogP contribution in [0.15, 0.2) is 60.8 Å². The number of amides is 1. The normalized spacial score (nSPS) is 12.4. The van der Waals surface area contributed by atoms with Crippen LogP contribution >= 0.6 is 0 Å². The van der Waals surface area contributed by atoms with Gasteiger partial charge in [-0.2, -0.15) is 18.3 Å². The smallest absolute Gasteiger partial charge is 0.416 e. The summed E-state index contributed by atoms with van der Waals surface area (Å²) in [6, 6.07) is 12.0. The number of alkyl halides is 3. The fourth-order valence-electron chi connectivity index (χ4n) is 2.70. The van der Waals surface area contributed by atoms with E-state index in [0.29, 0.717) is 6.54 Å². The number of carbonyl (C=O) groups excluding carboxylic acids is 1. The first-order valence-corrected chi connectivity index (χ1v) is 9.09. The molecule has 0 spiro atoms. The number of halogens is 4. The number of nitrogens with one attached hydrogen (secondary N) is 1. The van der Waals surface area contributed by atoms with Crippen LogP contribution in [0, 0.1) is 5.82 Å². The molecule has 3 aromatic rings. The van der Waals surface area contributed by atoms with Crippen molar-refractivity contribution in [1.82, 2.24) is 15.1 Å². The minimum atomic E-state index is -4.46. The zero-order chi connectivity index (χ0) is 21.7. The Balaban J connectivity index is 1.53. The summed E-state index contributed by atoms with van der Waals surface area (Å²) < 4.78 is 57.9. The second kappa shape index (κ2) is 8.98. The van der Waals surface area contributed by atoms with Gasteiger partial charge in [-0.15, -0.1) is 0 Å². The molecule has 2 aromatic carbocycles. The predicted octanol–water partition coefficient (Wildman–Crippen LogP) is 4.61. The topological polar surface area (TPSA) is 56.2 Å². The van der Waals surface area contributed by atoms with Crippen molar-refractivity contribution in [1.29, 1.82) is 0 Å².